The summed E-state index contributed by atoms with van der Waals surface area (Å²) in [5.41, 5.74) is 9.75. The number of hydrogen-bond donors (Lipinski definition) is 0. The monoisotopic (exact) mass is 799 g/mol. The lowest BCUT2D eigenvalue weighted by Crippen LogP contribution is -2.42. The largest absolute Gasteiger partial charge is 0.310 e. The van der Waals surface area contributed by atoms with Gasteiger partial charge in [-0.1, -0.05) is 127 Å². The van der Waals surface area contributed by atoms with Gasteiger partial charge < -0.3 is 9.80 Å². The molecule has 2 nitrogen and oxygen atoms in total. The number of aryl methyl sites for hydroxylation is 2. The van der Waals surface area contributed by atoms with E-state index in [4.69, 9.17) is 0 Å². The Morgan fingerprint density at radius 3 is 1.24 bits per heavy atom. The average Bonchev–Trinajstić information content (AvgIpc) is 3.24. The van der Waals surface area contributed by atoms with Crippen molar-refractivity contribution < 1.29 is 4.11 Å². The molecule has 0 amide bonds. The summed E-state index contributed by atoms with van der Waals surface area (Å²) in [5, 5.41) is 0. The molecule has 0 saturated carbocycles. The standard InChI is InChI=1S/C47H46Br2N2/c1-31-9-18-37(19-10-31)50(38-20-11-32(2)12-21-38)41-27-34(33-13-26-43-44(29-33)46(5,6)47(7,8)45(43,3)4)28-42(30-41)51(39-22-14-35(48)15-23-39)40-24-16-36(49)17-25-40/h9-30H,1-8H3/i13D,26D,29D. The fourth-order valence-corrected chi connectivity index (χ4v) is 7.88. The molecule has 1 aliphatic rings. The number of benzene rings is 6. The van der Waals surface area contributed by atoms with Crippen molar-refractivity contribution in [3.8, 4) is 11.1 Å². The number of anilines is 6. The molecule has 0 saturated heterocycles. The predicted octanol–water partition coefficient (Wildman–Crippen LogP) is 15.0. The van der Waals surface area contributed by atoms with Gasteiger partial charge in [0.1, 0.15) is 0 Å². The smallest absolute Gasteiger partial charge is 0.0632 e. The van der Waals surface area contributed by atoms with Gasteiger partial charge in [-0.15, -0.1) is 0 Å². The quantitative estimate of drug-likeness (QED) is 0.159. The number of hydrogen-bond acceptors (Lipinski definition) is 2. The summed E-state index contributed by atoms with van der Waals surface area (Å²) in [4.78, 5) is 4.46. The highest BCUT2D eigenvalue weighted by Crippen LogP contribution is 2.62. The second-order valence-corrected chi connectivity index (χ2v) is 17.2. The van der Waals surface area contributed by atoms with E-state index in [0.29, 0.717) is 11.6 Å². The molecule has 7 rings (SSSR count). The predicted molar refractivity (Wildman–Crippen MR) is 226 cm³/mol. The minimum Gasteiger partial charge on any atom is -0.310 e. The van der Waals surface area contributed by atoms with E-state index in [-0.39, 0.29) is 17.5 Å². The van der Waals surface area contributed by atoms with Gasteiger partial charge in [0.2, 0.25) is 0 Å². The number of rotatable bonds is 7. The Labute approximate surface area is 325 Å². The second kappa shape index (κ2) is 13.1. The summed E-state index contributed by atoms with van der Waals surface area (Å²) < 4.78 is 31.1. The van der Waals surface area contributed by atoms with Gasteiger partial charge in [0.05, 0.1) is 4.11 Å². The van der Waals surface area contributed by atoms with Crippen LogP contribution in [0.4, 0.5) is 34.1 Å². The van der Waals surface area contributed by atoms with Crippen LogP contribution in [0.3, 0.4) is 0 Å². The Bertz CT molecular complexity index is 2160. The molecule has 0 unspecified atom stereocenters. The highest BCUT2D eigenvalue weighted by molar-refractivity contribution is 9.10. The van der Waals surface area contributed by atoms with Crippen molar-refractivity contribution in [2.75, 3.05) is 9.80 Å². The molecule has 0 fully saturated rings. The maximum Gasteiger partial charge on any atom is 0.0632 e. The van der Waals surface area contributed by atoms with Gasteiger partial charge in [-0.3, -0.25) is 0 Å². The Hall–Kier alpha value is -4.12. The van der Waals surface area contributed by atoms with Crippen LogP contribution in [0, 0.1) is 19.3 Å². The molecule has 0 radical (unpaired) electrons. The van der Waals surface area contributed by atoms with Crippen molar-refractivity contribution in [2.24, 2.45) is 5.41 Å². The van der Waals surface area contributed by atoms with Gasteiger partial charge in [-0.05, 0) is 143 Å². The summed E-state index contributed by atoms with van der Waals surface area (Å²) in [7, 11) is 0. The van der Waals surface area contributed by atoms with Crippen LogP contribution in [0.5, 0.6) is 0 Å². The lowest BCUT2D eigenvalue weighted by molar-refractivity contribution is 0.125. The van der Waals surface area contributed by atoms with E-state index in [0.717, 1.165) is 59.8 Å². The minimum atomic E-state index is -0.418. The van der Waals surface area contributed by atoms with Gasteiger partial charge in [0.25, 0.3) is 0 Å². The van der Waals surface area contributed by atoms with E-state index in [1.165, 1.54) is 11.1 Å². The lowest BCUT2D eigenvalue weighted by Gasteiger charge is -2.44. The van der Waals surface area contributed by atoms with E-state index >= 15 is 0 Å². The first-order valence-corrected chi connectivity index (χ1v) is 19.1. The van der Waals surface area contributed by atoms with Crippen molar-refractivity contribution >= 4 is 66.0 Å². The van der Waals surface area contributed by atoms with E-state index in [2.05, 4.69) is 188 Å². The third-order valence-corrected chi connectivity index (χ3v) is 12.7. The van der Waals surface area contributed by atoms with Crippen molar-refractivity contribution in [3.63, 3.8) is 0 Å². The van der Waals surface area contributed by atoms with Crippen LogP contribution in [0.1, 0.15) is 67.9 Å². The molecule has 258 valence electrons. The molecule has 4 heteroatoms. The zero-order valence-corrected chi connectivity index (χ0v) is 33.8. The van der Waals surface area contributed by atoms with Crippen LogP contribution in [0.25, 0.3) is 11.1 Å². The Morgan fingerprint density at radius 2 is 0.824 bits per heavy atom. The average molecular weight is 802 g/mol. The van der Waals surface area contributed by atoms with Crippen molar-refractivity contribution in [1.29, 1.82) is 0 Å². The fraction of sp³-hybridized carbons (Fsp3) is 0.234. The van der Waals surface area contributed by atoms with Crippen LogP contribution < -0.4 is 9.80 Å². The fourth-order valence-electron chi connectivity index (χ4n) is 7.35. The van der Waals surface area contributed by atoms with E-state index in [9.17, 15) is 4.11 Å². The van der Waals surface area contributed by atoms with Gasteiger partial charge in [0.15, 0.2) is 0 Å². The van der Waals surface area contributed by atoms with Gasteiger partial charge >= 0.3 is 0 Å². The minimum absolute atomic E-state index is 0.0829. The maximum atomic E-state index is 9.98. The molecule has 0 atom stereocenters. The highest BCUT2D eigenvalue weighted by Gasteiger charge is 2.56. The molecule has 0 aromatic heterocycles. The summed E-state index contributed by atoms with van der Waals surface area (Å²) in [6, 6.07) is 40.6. The first-order valence-electron chi connectivity index (χ1n) is 19.0. The first-order chi connectivity index (χ1) is 25.4. The third-order valence-electron chi connectivity index (χ3n) is 11.6. The summed E-state index contributed by atoms with van der Waals surface area (Å²) in [6.45, 7) is 17.4. The van der Waals surface area contributed by atoms with Gasteiger partial charge in [0, 0.05) is 43.1 Å². The Morgan fingerprint density at radius 1 is 0.451 bits per heavy atom. The molecule has 1 aliphatic carbocycles. The van der Waals surface area contributed by atoms with E-state index < -0.39 is 10.8 Å². The Kier molecular flexibility index (Phi) is 8.14. The van der Waals surface area contributed by atoms with E-state index in [1.54, 1.807) is 0 Å². The third kappa shape index (κ3) is 6.25. The van der Waals surface area contributed by atoms with Crippen LogP contribution in [-0.2, 0) is 10.8 Å². The van der Waals surface area contributed by atoms with Crippen molar-refractivity contribution in [2.45, 2.75) is 66.2 Å². The SMILES string of the molecule is [2H]c1c([2H])c2c(c([2H])c1-c1cc(N(c3ccc(C)cc3)c3ccc(C)cc3)cc(N(c3ccc(Br)cc3)c3ccc(Br)cc3)c1)C(C)(C)C(C)(C)C2(C)C. The molecule has 6 aromatic carbocycles. The first kappa shape index (κ1) is 31.6. The number of halogens is 2. The Balaban J connectivity index is 1.59. The van der Waals surface area contributed by atoms with Crippen molar-refractivity contribution in [1.82, 2.24) is 0 Å². The summed E-state index contributed by atoms with van der Waals surface area (Å²) in [6.07, 6.45) is 0. The molecule has 6 aromatic rings. The molecule has 51 heavy (non-hydrogen) atoms. The summed E-state index contributed by atoms with van der Waals surface area (Å²) in [5.74, 6) is 0. The van der Waals surface area contributed by atoms with Gasteiger partial charge in [-0.25, -0.2) is 0 Å². The number of nitrogens with zero attached hydrogens (tertiary/aromatic N) is 2. The molecule has 0 N–H and O–H groups in total. The van der Waals surface area contributed by atoms with Crippen LogP contribution >= 0.6 is 31.9 Å². The number of fused-ring (bicyclic) bond motifs is 1. The van der Waals surface area contributed by atoms with Crippen LogP contribution in [-0.4, -0.2) is 0 Å². The zero-order valence-electron chi connectivity index (χ0n) is 33.6. The molecule has 0 aliphatic heterocycles. The lowest BCUT2D eigenvalue weighted by atomic mass is 9.59. The molecular weight excluding hydrogens is 752 g/mol. The molecular formula is C47H46Br2N2. The molecule has 0 spiro atoms. The zero-order chi connectivity index (χ0) is 38.9. The molecule has 0 heterocycles. The summed E-state index contributed by atoms with van der Waals surface area (Å²) >= 11 is 7.27. The molecule has 0 bridgehead atoms. The maximum absolute atomic E-state index is 9.98. The van der Waals surface area contributed by atoms with Gasteiger partial charge in [-0.2, -0.15) is 0 Å². The second-order valence-electron chi connectivity index (χ2n) is 15.4. The van der Waals surface area contributed by atoms with Crippen molar-refractivity contribution in [3.05, 3.63) is 165 Å². The topological polar surface area (TPSA) is 6.48 Å². The highest BCUT2D eigenvalue weighted by atomic mass is 79.9. The van der Waals surface area contributed by atoms with Crippen LogP contribution in [0.15, 0.2) is 142 Å². The van der Waals surface area contributed by atoms with Crippen LogP contribution in [0.2, 0.25) is 0 Å². The van der Waals surface area contributed by atoms with E-state index in [1.807, 2.05) is 24.3 Å². The normalized spacial score (nSPS) is 16.2.